The zero-order chi connectivity index (χ0) is 14.7. The number of carbonyl (C=O) groups excluding carboxylic acids is 1. The highest BCUT2D eigenvalue weighted by atomic mass is 16.5. The van der Waals surface area contributed by atoms with Gasteiger partial charge in [0.1, 0.15) is 11.9 Å². The van der Waals surface area contributed by atoms with Crippen molar-refractivity contribution in [3.8, 4) is 6.07 Å². The number of hydrogen-bond acceptors (Lipinski definition) is 5. The van der Waals surface area contributed by atoms with E-state index in [1.807, 2.05) is 4.90 Å². The summed E-state index contributed by atoms with van der Waals surface area (Å²) < 4.78 is 5.46. The zero-order valence-electron chi connectivity index (χ0n) is 11.9. The Morgan fingerprint density at radius 1 is 1.38 bits per heavy atom. The number of pyridine rings is 1. The topological polar surface area (TPSA) is 69.5 Å². The molecule has 0 bridgehead atoms. The highest BCUT2D eigenvalue weighted by molar-refractivity contribution is 5.81. The van der Waals surface area contributed by atoms with Crippen LogP contribution in [-0.2, 0) is 9.53 Å². The predicted molar refractivity (Wildman–Crippen MR) is 76.7 cm³/mol. The third-order valence-electron chi connectivity index (χ3n) is 4.00. The van der Waals surface area contributed by atoms with E-state index in [0.29, 0.717) is 25.3 Å². The number of anilines is 1. The van der Waals surface area contributed by atoms with Crippen LogP contribution in [0.2, 0.25) is 0 Å². The minimum Gasteiger partial charge on any atom is -0.368 e. The molecule has 2 saturated heterocycles. The van der Waals surface area contributed by atoms with Crippen LogP contribution in [0.25, 0.3) is 0 Å². The van der Waals surface area contributed by atoms with Gasteiger partial charge in [-0.1, -0.05) is 0 Å². The van der Waals surface area contributed by atoms with Crippen LogP contribution in [0, 0.1) is 11.3 Å². The number of ether oxygens (including phenoxy) is 1. The van der Waals surface area contributed by atoms with Crippen molar-refractivity contribution in [3.63, 3.8) is 0 Å². The molecule has 0 N–H and O–H groups in total. The van der Waals surface area contributed by atoms with Gasteiger partial charge in [-0.2, -0.15) is 5.26 Å². The molecule has 3 heterocycles. The van der Waals surface area contributed by atoms with Gasteiger partial charge >= 0.3 is 0 Å². The van der Waals surface area contributed by atoms with E-state index in [1.54, 1.807) is 18.3 Å². The highest BCUT2D eigenvalue weighted by Gasteiger charge is 2.30. The molecule has 6 heteroatoms. The van der Waals surface area contributed by atoms with Crippen LogP contribution in [0.4, 0.5) is 5.82 Å². The molecular weight excluding hydrogens is 268 g/mol. The number of nitriles is 1. The lowest BCUT2D eigenvalue weighted by Gasteiger charge is -2.36. The van der Waals surface area contributed by atoms with Gasteiger partial charge in [-0.05, 0) is 25.0 Å². The Morgan fingerprint density at radius 3 is 2.86 bits per heavy atom. The molecule has 0 radical (unpaired) electrons. The molecule has 3 rings (SSSR count). The molecule has 0 saturated carbocycles. The summed E-state index contributed by atoms with van der Waals surface area (Å²) in [6.45, 7) is 3.52. The number of hydrogen-bond donors (Lipinski definition) is 0. The first kappa shape index (κ1) is 13.8. The maximum atomic E-state index is 12.3. The maximum Gasteiger partial charge on any atom is 0.251 e. The Labute approximate surface area is 123 Å². The fraction of sp³-hybridized carbons (Fsp3) is 0.533. The molecule has 2 fully saturated rings. The number of piperazine rings is 1. The molecule has 1 aromatic heterocycles. The number of amides is 1. The Hall–Kier alpha value is -2.13. The van der Waals surface area contributed by atoms with E-state index in [4.69, 9.17) is 10.00 Å². The molecule has 6 nitrogen and oxygen atoms in total. The first-order chi connectivity index (χ1) is 10.3. The Kier molecular flexibility index (Phi) is 4.02. The van der Waals surface area contributed by atoms with Crippen LogP contribution in [0.1, 0.15) is 18.4 Å². The van der Waals surface area contributed by atoms with Gasteiger partial charge in [-0.25, -0.2) is 4.98 Å². The summed E-state index contributed by atoms with van der Waals surface area (Å²) in [6.07, 6.45) is 3.22. The van der Waals surface area contributed by atoms with Crippen LogP contribution >= 0.6 is 0 Å². The van der Waals surface area contributed by atoms with Gasteiger partial charge in [-0.3, -0.25) is 4.79 Å². The maximum absolute atomic E-state index is 12.3. The Morgan fingerprint density at radius 2 is 2.19 bits per heavy atom. The predicted octanol–water partition coefficient (Wildman–Crippen LogP) is 0.781. The largest absolute Gasteiger partial charge is 0.368 e. The Balaban J connectivity index is 1.59. The van der Waals surface area contributed by atoms with Crippen molar-refractivity contribution in [1.29, 1.82) is 5.26 Å². The average molecular weight is 286 g/mol. The quantitative estimate of drug-likeness (QED) is 0.803. The van der Waals surface area contributed by atoms with E-state index in [-0.39, 0.29) is 12.0 Å². The molecule has 0 aliphatic carbocycles. The van der Waals surface area contributed by atoms with Crippen LogP contribution < -0.4 is 4.90 Å². The number of aromatic nitrogens is 1. The summed E-state index contributed by atoms with van der Waals surface area (Å²) >= 11 is 0. The fourth-order valence-electron chi connectivity index (χ4n) is 2.79. The third kappa shape index (κ3) is 2.98. The molecule has 110 valence electrons. The summed E-state index contributed by atoms with van der Waals surface area (Å²) in [6, 6.07) is 5.61. The third-order valence-corrected chi connectivity index (χ3v) is 4.00. The molecule has 0 spiro atoms. The number of rotatable bonds is 2. The lowest BCUT2D eigenvalue weighted by Crippen LogP contribution is -2.51. The van der Waals surface area contributed by atoms with Gasteiger partial charge in [0.25, 0.3) is 5.91 Å². The van der Waals surface area contributed by atoms with Crippen LogP contribution in [0.3, 0.4) is 0 Å². The highest BCUT2D eigenvalue weighted by Crippen LogP contribution is 2.18. The lowest BCUT2D eigenvalue weighted by atomic mass is 10.2. The van der Waals surface area contributed by atoms with Gasteiger partial charge in [0, 0.05) is 39.0 Å². The molecule has 2 aliphatic rings. The summed E-state index contributed by atoms with van der Waals surface area (Å²) in [5.41, 5.74) is 0.609. The van der Waals surface area contributed by atoms with E-state index in [2.05, 4.69) is 16.0 Å². The van der Waals surface area contributed by atoms with E-state index < -0.39 is 0 Å². The second-order valence-electron chi connectivity index (χ2n) is 5.33. The van der Waals surface area contributed by atoms with Crippen LogP contribution in [-0.4, -0.2) is 54.7 Å². The second-order valence-corrected chi connectivity index (χ2v) is 5.33. The van der Waals surface area contributed by atoms with Crippen molar-refractivity contribution in [3.05, 3.63) is 23.9 Å². The van der Waals surface area contributed by atoms with Crippen LogP contribution in [0.5, 0.6) is 0 Å². The molecular formula is C15H18N4O2. The summed E-state index contributed by atoms with van der Waals surface area (Å²) in [5.74, 6) is 0.921. The lowest BCUT2D eigenvalue weighted by molar-refractivity contribution is -0.141. The minimum atomic E-state index is -0.239. The smallest absolute Gasteiger partial charge is 0.251 e. The van der Waals surface area contributed by atoms with Gasteiger partial charge in [0.2, 0.25) is 0 Å². The fourth-order valence-corrected chi connectivity index (χ4v) is 2.79. The minimum absolute atomic E-state index is 0.117. The zero-order valence-corrected chi connectivity index (χ0v) is 11.9. The second kappa shape index (κ2) is 6.10. The van der Waals surface area contributed by atoms with Crippen molar-refractivity contribution in [2.45, 2.75) is 18.9 Å². The molecule has 1 amide bonds. The molecule has 1 aromatic rings. The van der Waals surface area contributed by atoms with E-state index >= 15 is 0 Å². The van der Waals surface area contributed by atoms with Crippen molar-refractivity contribution >= 4 is 11.7 Å². The molecule has 0 aromatic carbocycles. The van der Waals surface area contributed by atoms with Crippen molar-refractivity contribution in [2.24, 2.45) is 0 Å². The van der Waals surface area contributed by atoms with Gasteiger partial charge in [-0.15, -0.1) is 0 Å². The van der Waals surface area contributed by atoms with Gasteiger partial charge in [0.05, 0.1) is 11.6 Å². The summed E-state index contributed by atoms with van der Waals surface area (Å²) in [7, 11) is 0. The molecule has 1 atom stereocenters. The normalized spacial score (nSPS) is 22.1. The van der Waals surface area contributed by atoms with Gasteiger partial charge < -0.3 is 14.5 Å². The van der Waals surface area contributed by atoms with E-state index in [1.165, 1.54) is 0 Å². The monoisotopic (exact) mass is 286 g/mol. The first-order valence-electron chi connectivity index (χ1n) is 7.29. The standard InChI is InChI=1S/C15H18N4O2/c16-11-12-3-4-17-14(10-12)18-5-7-19(8-6-18)15(20)13-2-1-9-21-13/h3-4,10,13H,1-2,5-9H2/t13-/m0/s1. The Bertz CT molecular complexity index is 555. The van der Waals surface area contributed by atoms with E-state index in [0.717, 1.165) is 31.7 Å². The average Bonchev–Trinajstić information content (AvgIpc) is 3.09. The van der Waals surface area contributed by atoms with Gasteiger partial charge in [0.15, 0.2) is 0 Å². The molecule has 21 heavy (non-hydrogen) atoms. The van der Waals surface area contributed by atoms with Crippen molar-refractivity contribution in [2.75, 3.05) is 37.7 Å². The summed E-state index contributed by atoms with van der Waals surface area (Å²) in [5, 5.41) is 8.93. The number of nitrogens with zero attached hydrogens (tertiary/aromatic N) is 4. The number of carbonyl (C=O) groups is 1. The first-order valence-corrected chi connectivity index (χ1v) is 7.29. The summed E-state index contributed by atoms with van der Waals surface area (Å²) in [4.78, 5) is 20.6. The van der Waals surface area contributed by atoms with Crippen LogP contribution in [0.15, 0.2) is 18.3 Å². The molecule has 2 aliphatic heterocycles. The SMILES string of the molecule is N#Cc1ccnc(N2CCN(C(=O)[C@@H]3CCCO3)CC2)c1. The van der Waals surface area contributed by atoms with E-state index in [9.17, 15) is 4.79 Å². The van der Waals surface area contributed by atoms with Crippen molar-refractivity contribution in [1.82, 2.24) is 9.88 Å². The molecule has 0 unspecified atom stereocenters. The van der Waals surface area contributed by atoms with Crippen molar-refractivity contribution < 1.29 is 9.53 Å².